The van der Waals surface area contributed by atoms with Gasteiger partial charge in [0.1, 0.15) is 5.82 Å². The van der Waals surface area contributed by atoms with Crippen molar-refractivity contribution in [2.75, 3.05) is 7.11 Å². The molecule has 0 spiro atoms. The van der Waals surface area contributed by atoms with Crippen molar-refractivity contribution in [1.82, 2.24) is 9.55 Å². The van der Waals surface area contributed by atoms with Gasteiger partial charge in [-0.2, -0.15) is 0 Å². The number of halogens is 2. The Kier molecular flexibility index (Phi) is 3.87. The maximum Gasteiger partial charge on any atom is 0.358 e. The summed E-state index contributed by atoms with van der Waals surface area (Å²) in [5.74, 6) is 0.281. The molecule has 0 amide bonds. The van der Waals surface area contributed by atoms with Crippen molar-refractivity contribution in [3.63, 3.8) is 0 Å². The molecule has 0 aliphatic carbocycles. The molecule has 0 bridgehead atoms. The lowest BCUT2D eigenvalue weighted by Gasteiger charge is -2.07. The molecule has 94 valence electrons. The Hall–Kier alpha value is -1.14. The molecule has 1 aromatic heterocycles. The Bertz CT molecular complexity index is 608. The molecule has 1 heterocycles. The number of hydrogen-bond donors (Lipinski definition) is 0. The number of rotatable bonds is 2. The molecule has 0 N–H and O–H groups in total. The molecule has 6 heteroatoms. The summed E-state index contributed by atoms with van der Waals surface area (Å²) in [7, 11) is 1.34. The van der Waals surface area contributed by atoms with Gasteiger partial charge in [0.15, 0.2) is 5.69 Å². The molecule has 0 radical (unpaired) electrons. The number of esters is 1. The summed E-state index contributed by atoms with van der Waals surface area (Å²) in [6.45, 7) is 1.83. The van der Waals surface area contributed by atoms with Crippen LogP contribution in [0.25, 0.3) is 5.69 Å². The average Bonchev–Trinajstić information content (AvgIpc) is 2.70. The van der Waals surface area contributed by atoms with E-state index in [4.69, 9.17) is 0 Å². The molecule has 2 aromatic rings. The molecule has 0 saturated heterocycles. The summed E-state index contributed by atoms with van der Waals surface area (Å²) in [6, 6.07) is 5.80. The van der Waals surface area contributed by atoms with E-state index in [1.54, 1.807) is 6.20 Å². The van der Waals surface area contributed by atoms with Gasteiger partial charge in [-0.3, -0.25) is 0 Å². The highest BCUT2D eigenvalue weighted by atomic mass is 79.9. The number of carbonyl (C=O) groups excluding carboxylic acids is 1. The van der Waals surface area contributed by atoms with Crippen molar-refractivity contribution in [3.05, 3.63) is 44.9 Å². The molecule has 4 nitrogen and oxygen atoms in total. The number of aromatic nitrogens is 2. The molecule has 0 atom stereocenters. The summed E-state index contributed by atoms with van der Waals surface area (Å²) in [5, 5.41) is 0. The predicted octanol–water partition coefficient (Wildman–Crippen LogP) is 3.49. The van der Waals surface area contributed by atoms with E-state index < -0.39 is 5.97 Å². The second-order valence-corrected chi connectivity index (χ2v) is 5.40. The Balaban J connectivity index is 2.51. The molecule has 0 unspecified atom stereocenters. The minimum atomic E-state index is -0.440. The van der Waals surface area contributed by atoms with Gasteiger partial charge < -0.3 is 9.30 Å². The lowest BCUT2D eigenvalue weighted by atomic mass is 10.3. The summed E-state index contributed by atoms with van der Waals surface area (Å²) in [6.07, 6.45) is 1.66. The van der Waals surface area contributed by atoms with E-state index in [2.05, 4.69) is 41.6 Å². The number of carbonyl (C=O) groups is 1. The fraction of sp³-hybridized carbons (Fsp3) is 0.167. The summed E-state index contributed by atoms with van der Waals surface area (Å²) >= 11 is 6.88. The van der Waals surface area contributed by atoms with Crippen molar-refractivity contribution in [1.29, 1.82) is 0 Å². The van der Waals surface area contributed by atoms with Crippen molar-refractivity contribution < 1.29 is 9.53 Å². The zero-order valence-corrected chi connectivity index (χ0v) is 12.9. The number of imidazole rings is 1. The molecule has 18 heavy (non-hydrogen) atoms. The van der Waals surface area contributed by atoms with Crippen LogP contribution in [0.5, 0.6) is 0 Å². The molecule has 0 aliphatic rings. The van der Waals surface area contributed by atoms with Crippen molar-refractivity contribution >= 4 is 37.8 Å². The SMILES string of the molecule is COC(=O)c1cn(-c2ccc(Br)cc2Br)c(C)n1. The van der Waals surface area contributed by atoms with Gasteiger partial charge in [0.05, 0.1) is 12.8 Å². The first kappa shape index (κ1) is 13.3. The molecule has 0 saturated carbocycles. The zero-order valence-electron chi connectivity index (χ0n) is 9.78. The molecule has 0 fully saturated rings. The lowest BCUT2D eigenvalue weighted by Crippen LogP contribution is -2.01. The Labute approximate surface area is 121 Å². The number of hydrogen-bond acceptors (Lipinski definition) is 3. The molecular weight excluding hydrogens is 364 g/mol. The van der Waals surface area contributed by atoms with Crippen LogP contribution < -0.4 is 0 Å². The second kappa shape index (κ2) is 5.24. The van der Waals surface area contributed by atoms with Crippen LogP contribution in [0.4, 0.5) is 0 Å². The van der Waals surface area contributed by atoms with Crippen LogP contribution in [0.2, 0.25) is 0 Å². The first-order valence-corrected chi connectivity index (χ1v) is 6.71. The number of methoxy groups -OCH3 is 1. The number of aryl methyl sites for hydroxylation is 1. The second-order valence-electron chi connectivity index (χ2n) is 3.63. The van der Waals surface area contributed by atoms with Crippen LogP contribution in [0.1, 0.15) is 16.3 Å². The average molecular weight is 374 g/mol. The predicted molar refractivity (Wildman–Crippen MR) is 75.0 cm³/mol. The van der Waals surface area contributed by atoms with E-state index in [-0.39, 0.29) is 0 Å². The molecule has 1 aromatic carbocycles. The topological polar surface area (TPSA) is 44.1 Å². The van der Waals surface area contributed by atoms with Gasteiger partial charge in [0.2, 0.25) is 0 Å². The minimum absolute atomic E-state index is 0.296. The fourth-order valence-corrected chi connectivity index (χ4v) is 2.83. The van der Waals surface area contributed by atoms with Crippen LogP contribution in [0.3, 0.4) is 0 Å². The van der Waals surface area contributed by atoms with Gasteiger partial charge >= 0.3 is 5.97 Å². The van der Waals surface area contributed by atoms with E-state index in [0.29, 0.717) is 5.69 Å². The number of nitrogens with zero attached hydrogens (tertiary/aromatic N) is 2. The lowest BCUT2D eigenvalue weighted by molar-refractivity contribution is 0.0594. The van der Waals surface area contributed by atoms with E-state index in [1.165, 1.54) is 7.11 Å². The fourth-order valence-electron chi connectivity index (χ4n) is 1.60. The van der Waals surface area contributed by atoms with E-state index in [9.17, 15) is 4.79 Å². The third kappa shape index (κ3) is 2.49. The third-order valence-electron chi connectivity index (χ3n) is 2.45. The Morgan fingerprint density at radius 2 is 2.11 bits per heavy atom. The first-order valence-electron chi connectivity index (χ1n) is 5.12. The zero-order chi connectivity index (χ0) is 13.3. The van der Waals surface area contributed by atoms with Crippen LogP contribution in [0, 0.1) is 6.92 Å². The van der Waals surface area contributed by atoms with E-state index in [1.807, 2.05) is 29.7 Å². The molecular formula is C12H10Br2N2O2. The normalized spacial score (nSPS) is 10.4. The largest absolute Gasteiger partial charge is 0.464 e. The monoisotopic (exact) mass is 372 g/mol. The van der Waals surface area contributed by atoms with Crippen LogP contribution in [-0.2, 0) is 4.74 Å². The van der Waals surface area contributed by atoms with E-state index >= 15 is 0 Å². The van der Waals surface area contributed by atoms with Gasteiger partial charge in [0, 0.05) is 15.1 Å². The summed E-state index contributed by atoms with van der Waals surface area (Å²) < 4.78 is 8.38. The smallest absolute Gasteiger partial charge is 0.358 e. The third-order valence-corrected chi connectivity index (χ3v) is 3.57. The van der Waals surface area contributed by atoms with Crippen molar-refractivity contribution in [3.8, 4) is 5.69 Å². The Morgan fingerprint density at radius 3 is 2.72 bits per heavy atom. The highest BCUT2D eigenvalue weighted by Crippen LogP contribution is 2.26. The molecule has 0 aliphatic heterocycles. The van der Waals surface area contributed by atoms with Crippen LogP contribution in [-0.4, -0.2) is 22.6 Å². The summed E-state index contributed by atoms with van der Waals surface area (Å²) in [4.78, 5) is 15.6. The first-order chi connectivity index (χ1) is 8.52. The van der Waals surface area contributed by atoms with Gasteiger partial charge in [-0.25, -0.2) is 9.78 Å². The quantitative estimate of drug-likeness (QED) is 0.757. The van der Waals surface area contributed by atoms with E-state index in [0.717, 1.165) is 20.5 Å². The van der Waals surface area contributed by atoms with Gasteiger partial charge in [0.25, 0.3) is 0 Å². The highest BCUT2D eigenvalue weighted by molar-refractivity contribution is 9.11. The summed E-state index contributed by atoms with van der Waals surface area (Å²) in [5.41, 5.74) is 1.21. The van der Waals surface area contributed by atoms with Crippen molar-refractivity contribution in [2.24, 2.45) is 0 Å². The number of ether oxygens (including phenoxy) is 1. The minimum Gasteiger partial charge on any atom is -0.464 e. The maximum absolute atomic E-state index is 11.4. The van der Waals surface area contributed by atoms with Gasteiger partial charge in [-0.15, -0.1) is 0 Å². The van der Waals surface area contributed by atoms with Crippen molar-refractivity contribution in [2.45, 2.75) is 6.92 Å². The van der Waals surface area contributed by atoms with Crippen LogP contribution in [0.15, 0.2) is 33.3 Å². The molecule has 2 rings (SSSR count). The Morgan fingerprint density at radius 1 is 1.39 bits per heavy atom. The van der Waals surface area contributed by atoms with Crippen LogP contribution >= 0.6 is 31.9 Å². The highest BCUT2D eigenvalue weighted by Gasteiger charge is 2.14. The van der Waals surface area contributed by atoms with Gasteiger partial charge in [-0.05, 0) is 41.1 Å². The standard InChI is InChI=1S/C12H10Br2N2O2/c1-7-15-10(12(17)18-2)6-16(7)11-4-3-8(13)5-9(11)14/h3-6H,1-2H3. The maximum atomic E-state index is 11.4. The number of benzene rings is 1. The van der Waals surface area contributed by atoms with Gasteiger partial charge in [-0.1, -0.05) is 15.9 Å².